The van der Waals surface area contributed by atoms with Crippen LogP contribution in [0.1, 0.15) is 45.6 Å². The third kappa shape index (κ3) is 5.45. The topological polar surface area (TPSA) is 114 Å². The molecule has 0 saturated carbocycles. The highest BCUT2D eigenvalue weighted by molar-refractivity contribution is 7.90. The van der Waals surface area contributed by atoms with Crippen molar-refractivity contribution in [3.05, 3.63) is 59.0 Å². The van der Waals surface area contributed by atoms with Crippen molar-refractivity contribution in [3.63, 3.8) is 0 Å². The lowest BCUT2D eigenvalue weighted by atomic mass is 10.2. The SMILES string of the molecule is CCc1oc(C(=O)NCCCS(=O)(=O)Cc2ccccc2)cc1C(=O)O. The quantitative estimate of drug-likeness (QED) is 0.646. The highest BCUT2D eigenvalue weighted by Crippen LogP contribution is 2.16. The molecule has 2 rings (SSSR count). The summed E-state index contributed by atoms with van der Waals surface area (Å²) in [6.07, 6.45) is 0.612. The van der Waals surface area contributed by atoms with Gasteiger partial charge in [0.05, 0.1) is 11.5 Å². The highest BCUT2D eigenvalue weighted by atomic mass is 32.2. The molecule has 0 fully saturated rings. The van der Waals surface area contributed by atoms with E-state index in [2.05, 4.69) is 5.32 Å². The zero-order valence-corrected chi connectivity index (χ0v) is 15.2. The van der Waals surface area contributed by atoms with Crippen molar-refractivity contribution in [1.82, 2.24) is 5.32 Å². The summed E-state index contributed by atoms with van der Waals surface area (Å²) < 4.78 is 29.4. The van der Waals surface area contributed by atoms with E-state index in [1.165, 1.54) is 6.07 Å². The van der Waals surface area contributed by atoms with Gasteiger partial charge in [-0.2, -0.15) is 0 Å². The van der Waals surface area contributed by atoms with Crippen LogP contribution in [0.3, 0.4) is 0 Å². The van der Waals surface area contributed by atoms with Crippen LogP contribution >= 0.6 is 0 Å². The van der Waals surface area contributed by atoms with E-state index in [1.54, 1.807) is 31.2 Å². The first-order valence-corrected chi connectivity index (χ1v) is 10.0. The van der Waals surface area contributed by atoms with E-state index in [9.17, 15) is 18.0 Å². The fourth-order valence-corrected chi connectivity index (χ4v) is 3.89. The lowest BCUT2D eigenvalue weighted by Crippen LogP contribution is -2.25. The predicted molar refractivity (Wildman–Crippen MR) is 95.9 cm³/mol. The molecule has 26 heavy (non-hydrogen) atoms. The van der Waals surface area contributed by atoms with Gasteiger partial charge in [-0.05, 0) is 12.0 Å². The minimum absolute atomic E-state index is 0.0388. The Morgan fingerprint density at radius 2 is 1.88 bits per heavy atom. The summed E-state index contributed by atoms with van der Waals surface area (Å²) in [6.45, 7) is 1.88. The van der Waals surface area contributed by atoms with Gasteiger partial charge in [-0.1, -0.05) is 37.3 Å². The van der Waals surface area contributed by atoms with Crippen molar-refractivity contribution < 1.29 is 27.5 Å². The second kappa shape index (κ2) is 8.66. The number of nitrogens with one attached hydrogen (secondary N) is 1. The van der Waals surface area contributed by atoms with Crippen LogP contribution in [0.5, 0.6) is 0 Å². The van der Waals surface area contributed by atoms with Crippen molar-refractivity contribution in [1.29, 1.82) is 0 Å². The van der Waals surface area contributed by atoms with Crippen LogP contribution in [0.4, 0.5) is 0 Å². The van der Waals surface area contributed by atoms with Crippen LogP contribution in [-0.4, -0.2) is 37.7 Å². The molecule has 0 aliphatic heterocycles. The van der Waals surface area contributed by atoms with Gasteiger partial charge in [-0.25, -0.2) is 13.2 Å². The van der Waals surface area contributed by atoms with Gasteiger partial charge in [0.25, 0.3) is 5.91 Å². The molecule has 2 N–H and O–H groups in total. The second-order valence-electron chi connectivity index (χ2n) is 5.79. The normalized spacial score (nSPS) is 11.3. The molecule has 0 aliphatic carbocycles. The molecule has 0 aliphatic rings. The smallest absolute Gasteiger partial charge is 0.339 e. The number of aromatic carboxylic acids is 1. The number of carboxylic acid groups (broad SMARTS) is 1. The fraction of sp³-hybridized carbons (Fsp3) is 0.333. The van der Waals surface area contributed by atoms with Gasteiger partial charge in [0.2, 0.25) is 0 Å². The summed E-state index contributed by atoms with van der Waals surface area (Å²) in [4.78, 5) is 23.1. The zero-order valence-electron chi connectivity index (χ0n) is 14.4. The highest BCUT2D eigenvalue weighted by Gasteiger charge is 2.20. The van der Waals surface area contributed by atoms with E-state index in [4.69, 9.17) is 9.52 Å². The van der Waals surface area contributed by atoms with Crippen LogP contribution in [0.25, 0.3) is 0 Å². The monoisotopic (exact) mass is 379 g/mol. The van der Waals surface area contributed by atoms with Gasteiger partial charge in [-0.3, -0.25) is 4.79 Å². The molecule has 8 heteroatoms. The van der Waals surface area contributed by atoms with E-state index in [-0.39, 0.29) is 41.6 Å². The van der Waals surface area contributed by atoms with E-state index in [0.29, 0.717) is 6.42 Å². The maximum absolute atomic E-state index is 12.1. The van der Waals surface area contributed by atoms with Crippen LogP contribution in [0.15, 0.2) is 40.8 Å². The first-order valence-electron chi connectivity index (χ1n) is 8.21. The molecule has 2 aromatic rings. The van der Waals surface area contributed by atoms with E-state index in [1.807, 2.05) is 6.07 Å². The Morgan fingerprint density at radius 1 is 1.19 bits per heavy atom. The van der Waals surface area contributed by atoms with Gasteiger partial charge in [0.1, 0.15) is 11.3 Å². The molecule has 0 radical (unpaired) electrons. The van der Waals surface area contributed by atoms with Gasteiger partial charge >= 0.3 is 5.97 Å². The molecule has 0 spiro atoms. The lowest BCUT2D eigenvalue weighted by Gasteiger charge is -2.05. The number of carboxylic acids is 1. The third-order valence-electron chi connectivity index (χ3n) is 3.73. The Hall–Kier alpha value is -2.61. The van der Waals surface area contributed by atoms with Gasteiger partial charge in [-0.15, -0.1) is 0 Å². The number of carbonyl (C=O) groups excluding carboxylic acids is 1. The Labute approximate surface area is 151 Å². The van der Waals surface area contributed by atoms with E-state index >= 15 is 0 Å². The minimum Gasteiger partial charge on any atom is -0.478 e. The molecule has 1 amide bonds. The maximum atomic E-state index is 12.1. The third-order valence-corrected chi connectivity index (χ3v) is 5.42. The Balaban J connectivity index is 1.84. The maximum Gasteiger partial charge on any atom is 0.339 e. The summed E-state index contributed by atoms with van der Waals surface area (Å²) in [5.41, 5.74) is 0.684. The van der Waals surface area contributed by atoms with E-state index < -0.39 is 21.7 Å². The molecule has 0 bridgehead atoms. The van der Waals surface area contributed by atoms with Crippen LogP contribution in [0.2, 0.25) is 0 Å². The molecule has 140 valence electrons. The fourth-order valence-electron chi connectivity index (χ4n) is 2.47. The van der Waals surface area contributed by atoms with Crippen molar-refractivity contribution in [3.8, 4) is 0 Å². The van der Waals surface area contributed by atoms with Crippen molar-refractivity contribution >= 4 is 21.7 Å². The van der Waals surface area contributed by atoms with Gasteiger partial charge < -0.3 is 14.8 Å². The first-order chi connectivity index (χ1) is 12.3. The van der Waals surface area contributed by atoms with Crippen LogP contribution in [-0.2, 0) is 22.0 Å². The number of sulfone groups is 1. The predicted octanol–water partition coefficient (Wildman–Crippen LogP) is 2.28. The molecule has 1 aromatic carbocycles. The standard InChI is InChI=1S/C18H21NO6S/c1-2-15-14(18(21)22)11-16(25-15)17(20)19-9-6-10-26(23,24)12-13-7-4-3-5-8-13/h3-5,7-8,11H,2,6,9-10,12H2,1H3,(H,19,20)(H,21,22). The summed E-state index contributed by atoms with van der Waals surface area (Å²) in [6, 6.07) is 10.1. The molecule has 0 atom stereocenters. The number of amides is 1. The number of furan rings is 1. The molecule has 0 saturated heterocycles. The van der Waals surface area contributed by atoms with Crippen LogP contribution < -0.4 is 5.32 Å². The number of hydrogen-bond acceptors (Lipinski definition) is 5. The van der Waals surface area contributed by atoms with E-state index in [0.717, 1.165) is 5.56 Å². The second-order valence-corrected chi connectivity index (χ2v) is 7.98. The summed E-state index contributed by atoms with van der Waals surface area (Å²) in [5, 5.41) is 11.6. The molecular formula is C18H21NO6S. The molecule has 7 nitrogen and oxygen atoms in total. The number of hydrogen-bond donors (Lipinski definition) is 2. The van der Waals surface area contributed by atoms with Crippen LogP contribution in [0, 0.1) is 0 Å². The zero-order chi connectivity index (χ0) is 19.2. The van der Waals surface area contributed by atoms with Crippen molar-refractivity contribution in [2.24, 2.45) is 0 Å². The Kier molecular flexibility index (Phi) is 6.57. The van der Waals surface area contributed by atoms with Gasteiger partial charge in [0.15, 0.2) is 15.6 Å². The average molecular weight is 379 g/mol. The Bertz CT molecular complexity index is 870. The largest absolute Gasteiger partial charge is 0.478 e. The summed E-state index contributed by atoms with van der Waals surface area (Å²) in [5.74, 6) is -1.67. The lowest BCUT2D eigenvalue weighted by molar-refractivity contribution is 0.0694. The summed E-state index contributed by atoms with van der Waals surface area (Å²) in [7, 11) is -3.27. The molecule has 1 aromatic heterocycles. The minimum atomic E-state index is -3.27. The molecule has 1 heterocycles. The number of benzene rings is 1. The first kappa shape index (κ1) is 19.7. The van der Waals surface area contributed by atoms with Gasteiger partial charge in [0, 0.05) is 19.0 Å². The van der Waals surface area contributed by atoms with Crippen molar-refractivity contribution in [2.45, 2.75) is 25.5 Å². The molecule has 0 unspecified atom stereocenters. The number of carbonyl (C=O) groups is 2. The number of rotatable bonds is 9. The van der Waals surface area contributed by atoms with Crippen molar-refractivity contribution in [2.75, 3.05) is 12.3 Å². The summed E-state index contributed by atoms with van der Waals surface area (Å²) >= 11 is 0. The number of aryl methyl sites for hydroxylation is 1. The average Bonchev–Trinajstić information content (AvgIpc) is 3.04. The molecular weight excluding hydrogens is 358 g/mol. The Morgan fingerprint density at radius 3 is 2.46 bits per heavy atom.